The largest absolute Gasteiger partial charge is 0.481 e. The number of benzene rings is 2. The van der Waals surface area contributed by atoms with Gasteiger partial charge in [0.1, 0.15) is 0 Å². The van der Waals surface area contributed by atoms with Crippen molar-refractivity contribution in [2.24, 2.45) is 11.8 Å². The number of nitrogens with one attached hydrogen (secondary N) is 1. The summed E-state index contributed by atoms with van der Waals surface area (Å²) in [6, 6.07) is 14.6. The first-order valence-corrected chi connectivity index (χ1v) is 12.9. The van der Waals surface area contributed by atoms with Crippen LogP contribution in [-0.2, 0) is 15.8 Å². The minimum atomic E-state index is -4.91. The molecule has 40 heavy (non-hydrogen) atoms. The van der Waals surface area contributed by atoms with E-state index in [-0.39, 0.29) is 17.5 Å². The molecule has 1 aliphatic carbocycles. The van der Waals surface area contributed by atoms with E-state index in [1.54, 1.807) is 47.4 Å². The SMILES string of the molecule is O=C(Nc1ccc(N2CCN(C(=O)[C@@H]3CCC[C@H]3C(=O)O)CC2)cc1)c1nc(-c2ccccc2)oc1C(F)(F)F. The number of carboxylic acid groups (broad SMARTS) is 1. The molecule has 1 aliphatic heterocycles. The van der Waals surface area contributed by atoms with Crippen LogP contribution in [0.5, 0.6) is 0 Å². The molecule has 0 unspecified atom stereocenters. The van der Waals surface area contributed by atoms with Crippen LogP contribution in [0.25, 0.3) is 11.5 Å². The quantitative estimate of drug-likeness (QED) is 0.450. The van der Waals surface area contributed by atoms with E-state index in [0.717, 1.165) is 12.1 Å². The molecular formula is C28H27F3N4O5. The predicted molar refractivity (Wildman–Crippen MR) is 139 cm³/mol. The Hall–Kier alpha value is -4.35. The van der Waals surface area contributed by atoms with Crippen molar-refractivity contribution in [3.63, 3.8) is 0 Å². The van der Waals surface area contributed by atoms with Gasteiger partial charge in [0.25, 0.3) is 5.91 Å². The maximum absolute atomic E-state index is 13.6. The van der Waals surface area contributed by atoms with Crippen LogP contribution in [0, 0.1) is 11.8 Å². The third-order valence-electron chi connectivity index (χ3n) is 7.35. The van der Waals surface area contributed by atoms with Crippen LogP contribution in [0.1, 0.15) is 35.5 Å². The van der Waals surface area contributed by atoms with Crippen molar-refractivity contribution >= 4 is 29.2 Å². The monoisotopic (exact) mass is 556 g/mol. The van der Waals surface area contributed by atoms with Crippen molar-refractivity contribution in [2.45, 2.75) is 25.4 Å². The van der Waals surface area contributed by atoms with Crippen LogP contribution in [0.4, 0.5) is 24.5 Å². The summed E-state index contributed by atoms with van der Waals surface area (Å²) in [5.41, 5.74) is 0.547. The fourth-order valence-corrected chi connectivity index (χ4v) is 5.29. The topological polar surface area (TPSA) is 116 Å². The lowest BCUT2D eigenvalue weighted by molar-refractivity contribution is -0.153. The molecule has 0 radical (unpaired) electrons. The van der Waals surface area contributed by atoms with Crippen molar-refractivity contribution in [2.75, 3.05) is 36.4 Å². The zero-order valence-corrected chi connectivity index (χ0v) is 21.4. The van der Waals surface area contributed by atoms with E-state index in [0.29, 0.717) is 44.6 Å². The fourth-order valence-electron chi connectivity index (χ4n) is 5.29. The highest BCUT2D eigenvalue weighted by Crippen LogP contribution is 2.36. The number of rotatable bonds is 6. The number of amides is 2. The number of nitrogens with zero attached hydrogens (tertiary/aromatic N) is 3. The molecule has 9 nitrogen and oxygen atoms in total. The van der Waals surface area contributed by atoms with Gasteiger partial charge in [0.2, 0.25) is 17.6 Å². The molecule has 2 atom stereocenters. The Bertz CT molecular complexity index is 1380. The number of anilines is 2. The molecule has 2 aromatic carbocycles. The van der Waals surface area contributed by atoms with Gasteiger partial charge in [-0.1, -0.05) is 24.6 Å². The van der Waals surface area contributed by atoms with Gasteiger partial charge < -0.3 is 24.6 Å². The Labute approximate surface area is 227 Å². The third kappa shape index (κ3) is 5.65. The summed E-state index contributed by atoms with van der Waals surface area (Å²) >= 11 is 0. The summed E-state index contributed by atoms with van der Waals surface area (Å²) in [4.78, 5) is 44.7. The van der Waals surface area contributed by atoms with Gasteiger partial charge >= 0.3 is 12.1 Å². The first-order valence-electron chi connectivity index (χ1n) is 12.9. The number of aliphatic carboxylic acids is 1. The number of halogens is 3. The maximum Gasteiger partial charge on any atom is 0.452 e. The summed E-state index contributed by atoms with van der Waals surface area (Å²) in [6.07, 6.45) is -3.06. The maximum atomic E-state index is 13.6. The summed E-state index contributed by atoms with van der Waals surface area (Å²) in [5.74, 6) is -4.95. The average molecular weight is 557 g/mol. The van der Waals surface area contributed by atoms with E-state index in [2.05, 4.69) is 10.3 Å². The van der Waals surface area contributed by atoms with E-state index in [9.17, 15) is 32.7 Å². The average Bonchev–Trinajstić information content (AvgIpc) is 3.62. The second-order valence-corrected chi connectivity index (χ2v) is 9.86. The van der Waals surface area contributed by atoms with Gasteiger partial charge in [-0.05, 0) is 49.2 Å². The Morgan fingerprint density at radius 2 is 1.57 bits per heavy atom. The lowest BCUT2D eigenvalue weighted by Gasteiger charge is -2.37. The second-order valence-electron chi connectivity index (χ2n) is 9.86. The summed E-state index contributed by atoms with van der Waals surface area (Å²) < 4.78 is 45.7. The lowest BCUT2D eigenvalue weighted by Crippen LogP contribution is -2.51. The van der Waals surface area contributed by atoms with Crippen molar-refractivity contribution in [1.29, 1.82) is 0 Å². The van der Waals surface area contributed by atoms with Crippen molar-refractivity contribution in [3.8, 4) is 11.5 Å². The molecule has 2 aliphatic rings. The van der Waals surface area contributed by atoms with Crippen LogP contribution in [0.3, 0.4) is 0 Å². The van der Waals surface area contributed by atoms with E-state index in [4.69, 9.17) is 4.42 Å². The van der Waals surface area contributed by atoms with Crippen molar-refractivity contribution < 1.29 is 37.1 Å². The molecule has 1 saturated heterocycles. The van der Waals surface area contributed by atoms with E-state index < -0.39 is 41.3 Å². The Morgan fingerprint density at radius 1 is 0.925 bits per heavy atom. The molecule has 1 aromatic heterocycles. The predicted octanol–water partition coefficient (Wildman–Crippen LogP) is 4.76. The number of hydrogen-bond acceptors (Lipinski definition) is 6. The van der Waals surface area contributed by atoms with E-state index in [1.807, 2.05) is 4.90 Å². The van der Waals surface area contributed by atoms with Gasteiger partial charge in [0.05, 0.1) is 11.8 Å². The van der Waals surface area contributed by atoms with Crippen molar-refractivity contribution in [3.05, 3.63) is 66.1 Å². The number of piperazine rings is 1. The molecule has 2 amide bonds. The van der Waals surface area contributed by atoms with Gasteiger partial charge in [-0.25, -0.2) is 4.98 Å². The Balaban J connectivity index is 1.22. The molecule has 0 spiro atoms. The van der Waals surface area contributed by atoms with E-state index >= 15 is 0 Å². The minimum absolute atomic E-state index is 0.107. The molecule has 0 bridgehead atoms. The summed E-state index contributed by atoms with van der Waals surface area (Å²) in [5, 5.41) is 11.8. The first-order chi connectivity index (χ1) is 19.1. The summed E-state index contributed by atoms with van der Waals surface area (Å²) in [6.45, 7) is 1.99. The van der Waals surface area contributed by atoms with Crippen LogP contribution >= 0.6 is 0 Å². The van der Waals surface area contributed by atoms with Crippen molar-refractivity contribution in [1.82, 2.24) is 9.88 Å². The van der Waals surface area contributed by atoms with Crippen LogP contribution in [0.2, 0.25) is 0 Å². The van der Waals surface area contributed by atoms with Gasteiger partial charge in [-0.3, -0.25) is 14.4 Å². The van der Waals surface area contributed by atoms with Gasteiger partial charge in [-0.15, -0.1) is 0 Å². The number of alkyl halides is 3. The number of aromatic nitrogens is 1. The zero-order valence-electron chi connectivity index (χ0n) is 21.4. The number of carbonyl (C=O) groups is 3. The normalized spacial score (nSPS) is 19.5. The Morgan fingerprint density at radius 3 is 2.20 bits per heavy atom. The van der Waals surface area contributed by atoms with Crippen LogP contribution in [0.15, 0.2) is 59.0 Å². The molecule has 5 rings (SSSR count). The molecule has 2 heterocycles. The van der Waals surface area contributed by atoms with Crippen LogP contribution in [-0.4, -0.2) is 59.0 Å². The molecule has 12 heteroatoms. The fraction of sp³-hybridized carbons (Fsp3) is 0.357. The highest BCUT2D eigenvalue weighted by atomic mass is 19.4. The van der Waals surface area contributed by atoms with Crippen LogP contribution < -0.4 is 10.2 Å². The molecule has 3 aromatic rings. The highest BCUT2D eigenvalue weighted by Gasteiger charge is 2.42. The lowest BCUT2D eigenvalue weighted by atomic mass is 9.94. The summed E-state index contributed by atoms with van der Waals surface area (Å²) in [7, 11) is 0. The van der Waals surface area contributed by atoms with Gasteiger partial charge in [-0.2, -0.15) is 13.2 Å². The van der Waals surface area contributed by atoms with E-state index in [1.165, 1.54) is 12.1 Å². The molecule has 1 saturated carbocycles. The van der Waals surface area contributed by atoms with Gasteiger partial charge in [0, 0.05) is 43.1 Å². The smallest absolute Gasteiger partial charge is 0.452 e. The highest BCUT2D eigenvalue weighted by molar-refractivity contribution is 6.04. The molecule has 210 valence electrons. The Kier molecular flexibility index (Phi) is 7.51. The standard InChI is InChI=1S/C28H27F3N4O5/c29-28(30,31)23-22(33-25(40-23)17-5-2-1-3-6-17)24(36)32-18-9-11-19(12-10-18)34-13-15-35(16-14-34)26(37)20-7-4-8-21(20)27(38)39/h1-3,5-6,9-12,20-21H,4,7-8,13-16H2,(H,32,36)(H,38,39)/t20-,21-/m1/s1. The number of carboxylic acids is 1. The van der Waals surface area contributed by atoms with Gasteiger partial charge in [0.15, 0.2) is 5.69 Å². The molecular weight excluding hydrogens is 529 g/mol. The number of carbonyl (C=O) groups excluding carboxylic acids is 2. The molecule has 2 fully saturated rings. The number of oxazole rings is 1. The minimum Gasteiger partial charge on any atom is -0.481 e. The molecule has 2 N–H and O–H groups in total. The zero-order chi connectivity index (χ0) is 28.4. The number of hydrogen-bond donors (Lipinski definition) is 2. The first kappa shape index (κ1) is 27.2. The third-order valence-corrected chi connectivity index (χ3v) is 7.35. The second kappa shape index (κ2) is 11.0.